The van der Waals surface area contributed by atoms with Gasteiger partial charge < -0.3 is 16.0 Å². The summed E-state index contributed by atoms with van der Waals surface area (Å²) in [6.07, 6.45) is 1.02. The Balaban J connectivity index is 1.66. The minimum atomic E-state index is -0.596. The van der Waals surface area contributed by atoms with E-state index in [1.807, 2.05) is 38.1 Å². The van der Waals surface area contributed by atoms with E-state index < -0.39 is 5.91 Å². The lowest BCUT2D eigenvalue weighted by atomic mass is 10.2. The monoisotopic (exact) mass is 359 g/mol. The minimum absolute atomic E-state index is 0.0793. The quantitative estimate of drug-likeness (QED) is 0.855. The zero-order valence-electron chi connectivity index (χ0n) is 14.4. The van der Waals surface area contributed by atoms with E-state index in [-0.39, 0.29) is 5.82 Å². The smallest absolute Gasteiger partial charge is 0.286 e. The number of hydrogen-bond acceptors (Lipinski definition) is 5. The fourth-order valence-electron chi connectivity index (χ4n) is 3.02. The van der Waals surface area contributed by atoms with Crippen molar-refractivity contribution in [1.82, 2.24) is 15.3 Å². The second kappa shape index (κ2) is 7.37. The van der Waals surface area contributed by atoms with Gasteiger partial charge in [0.15, 0.2) is 0 Å². The van der Waals surface area contributed by atoms with Crippen LogP contribution < -0.4 is 16.0 Å². The van der Waals surface area contributed by atoms with Crippen molar-refractivity contribution in [3.05, 3.63) is 51.9 Å². The minimum Gasteiger partial charge on any atom is -0.363 e. The highest BCUT2D eigenvalue weighted by atomic mass is 35.5. The lowest BCUT2D eigenvalue weighted by molar-refractivity contribution is 0.0990. The number of nitrogens with zero attached hydrogens (tertiary/aromatic N) is 3. The van der Waals surface area contributed by atoms with Crippen LogP contribution in [0.3, 0.4) is 0 Å². The molecule has 1 aliphatic rings. The largest absolute Gasteiger partial charge is 0.363 e. The van der Waals surface area contributed by atoms with E-state index in [0.29, 0.717) is 6.04 Å². The average Bonchev–Trinajstić information content (AvgIpc) is 3.05. The Bertz CT molecular complexity index is 778. The molecule has 1 fully saturated rings. The first-order valence-electron chi connectivity index (χ1n) is 8.32. The summed E-state index contributed by atoms with van der Waals surface area (Å²) >= 11 is 5.92. The number of nitrogens with one attached hydrogen (secondary N) is 1. The molecule has 1 aromatic carbocycles. The molecule has 3 N–H and O–H groups in total. The second-order valence-corrected chi connectivity index (χ2v) is 6.82. The maximum Gasteiger partial charge on any atom is 0.286 e. The summed E-state index contributed by atoms with van der Waals surface area (Å²) in [7, 11) is 0. The molecule has 0 spiro atoms. The van der Waals surface area contributed by atoms with Crippen LogP contribution in [0.1, 0.15) is 33.9 Å². The Morgan fingerprint density at radius 3 is 2.72 bits per heavy atom. The third-order valence-corrected chi connectivity index (χ3v) is 4.83. The molecule has 0 saturated carbocycles. The predicted molar refractivity (Wildman–Crippen MR) is 98.9 cm³/mol. The molecule has 2 aromatic rings. The first kappa shape index (κ1) is 17.6. The van der Waals surface area contributed by atoms with E-state index in [0.717, 1.165) is 48.2 Å². The molecule has 0 radical (unpaired) electrons. The second-order valence-electron chi connectivity index (χ2n) is 6.38. The molecule has 132 valence electrons. The molecule has 1 atom stereocenters. The third kappa shape index (κ3) is 4.08. The van der Waals surface area contributed by atoms with Crippen LogP contribution in [-0.4, -0.2) is 35.0 Å². The first-order valence-corrected chi connectivity index (χ1v) is 8.69. The first-order chi connectivity index (χ1) is 11.9. The summed E-state index contributed by atoms with van der Waals surface area (Å²) in [6.45, 7) is 6.37. The van der Waals surface area contributed by atoms with Gasteiger partial charge in [-0.25, -0.2) is 9.97 Å². The fourth-order valence-corrected chi connectivity index (χ4v) is 3.14. The summed E-state index contributed by atoms with van der Waals surface area (Å²) in [6, 6.07) is 8.22. The van der Waals surface area contributed by atoms with Gasteiger partial charge in [0, 0.05) is 42.0 Å². The molecule has 1 amide bonds. The summed E-state index contributed by atoms with van der Waals surface area (Å²) in [5.74, 6) is 0.286. The highest BCUT2D eigenvalue weighted by Gasteiger charge is 2.26. The summed E-state index contributed by atoms with van der Waals surface area (Å²) in [4.78, 5) is 22.2. The van der Waals surface area contributed by atoms with Gasteiger partial charge in [-0.05, 0) is 38.0 Å². The number of halogens is 1. The van der Waals surface area contributed by atoms with Gasteiger partial charge in [0.2, 0.25) is 5.82 Å². The van der Waals surface area contributed by atoms with Crippen LogP contribution in [0.2, 0.25) is 5.02 Å². The number of aryl methyl sites for hydroxylation is 1. The number of nitrogens with two attached hydrogens (primary N) is 1. The lowest BCUT2D eigenvalue weighted by Gasteiger charge is -2.21. The van der Waals surface area contributed by atoms with Crippen molar-refractivity contribution in [3.63, 3.8) is 0 Å². The Hall–Kier alpha value is -2.18. The molecule has 1 aromatic heterocycles. The van der Waals surface area contributed by atoms with Crippen LogP contribution in [0.15, 0.2) is 24.3 Å². The Labute approximate surface area is 152 Å². The maximum absolute atomic E-state index is 11.4. The topological polar surface area (TPSA) is 84.1 Å². The van der Waals surface area contributed by atoms with Crippen molar-refractivity contribution >= 4 is 23.3 Å². The zero-order valence-corrected chi connectivity index (χ0v) is 15.2. The van der Waals surface area contributed by atoms with Gasteiger partial charge >= 0.3 is 0 Å². The molecule has 0 aliphatic carbocycles. The van der Waals surface area contributed by atoms with Crippen LogP contribution in [0, 0.1) is 13.8 Å². The van der Waals surface area contributed by atoms with E-state index >= 15 is 0 Å². The van der Waals surface area contributed by atoms with Crippen molar-refractivity contribution in [2.45, 2.75) is 32.9 Å². The van der Waals surface area contributed by atoms with E-state index in [4.69, 9.17) is 17.3 Å². The number of amides is 1. The molecule has 0 unspecified atom stereocenters. The van der Waals surface area contributed by atoms with Gasteiger partial charge in [0.25, 0.3) is 5.91 Å². The molecule has 25 heavy (non-hydrogen) atoms. The number of anilines is 1. The van der Waals surface area contributed by atoms with Gasteiger partial charge in [0.1, 0.15) is 5.82 Å². The Morgan fingerprint density at radius 2 is 2.04 bits per heavy atom. The Morgan fingerprint density at radius 1 is 1.32 bits per heavy atom. The molecular formula is C18H22ClN5O. The molecule has 1 saturated heterocycles. The van der Waals surface area contributed by atoms with E-state index in [1.165, 1.54) is 5.56 Å². The standard InChI is InChI=1S/C18H22ClN5O/c1-11-12(2)22-17(16(20)25)23-18(11)24-8-7-15(10-24)21-9-13-3-5-14(19)6-4-13/h3-6,15,21H,7-10H2,1-2H3,(H2,20,25)/t15-/m1/s1. The number of carbonyl (C=O) groups excluding carboxylic acids is 1. The summed E-state index contributed by atoms with van der Waals surface area (Å²) in [5, 5.41) is 4.31. The molecule has 1 aliphatic heterocycles. The normalized spacial score (nSPS) is 17.1. The predicted octanol–water partition coefficient (Wildman–Crippen LogP) is 2.21. The maximum atomic E-state index is 11.4. The molecule has 6 nitrogen and oxygen atoms in total. The fraction of sp³-hybridized carbons (Fsp3) is 0.389. The number of rotatable bonds is 5. The highest BCUT2D eigenvalue weighted by molar-refractivity contribution is 6.30. The average molecular weight is 360 g/mol. The number of carbonyl (C=O) groups is 1. The van der Waals surface area contributed by atoms with Gasteiger partial charge in [0.05, 0.1) is 0 Å². The summed E-state index contributed by atoms with van der Waals surface area (Å²) in [5.41, 5.74) is 8.33. The van der Waals surface area contributed by atoms with Crippen molar-refractivity contribution in [1.29, 1.82) is 0 Å². The number of aromatic nitrogens is 2. The molecule has 3 rings (SSSR count). The lowest BCUT2D eigenvalue weighted by Crippen LogP contribution is -2.33. The van der Waals surface area contributed by atoms with Gasteiger partial charge in [-0.2, -0.15) is 0 Å². The van der Waals surface area contributed by atoms with Crippen molar-refractivity contribution < 1.29 is 4.79 Å². The Kier molecular flexibility index (Phi) is 5.20. The van der Waals surface area contributed by atoms with Crippen LogP contribution in [-0.2, 0) is 6.54 Å². The van der Waals surface area contributed by atoms with Gasteiger partial charge in [-0.1, -0.05) is 23.7 Å². The van der Waals surface area contributed by atoms with E-state index in [2.05, 4.69) is 20.2 Å². The van der Waals surface area contributed by atoms with Crippen LogP contribution in [0.5, 0.6) is 0 Å². The van der Waals surface area contributed by atoms with E-state index in [9.17, 15) is 4.79 Å². The van der Waals surface area contributed by atoms with Crippen LogP contribution in [0.4, 0.5) is 5.82 Å². The number of primary amides is 1. The van der Waals surface area contributed by atoms with Crippen molar-refractivity contribution in [2.75, 3.05) is 18.0 Å². The van der Waals surface area contributed by atoms with Gasteiger partial charge in [-0.15, -0.1) is 0 Å². The van der Waals surface area contributed by atoms with E-state index in [1.54, 1.807) is 0 Å². The number of benzene rings is 1. The highest BCUT2D eigenvalue weighted by Crippen LogP contribution is 2.24. The molecule has 2 heterocycles. The molecule has 0 bridgehead atoms. The van der Waals surface area contributed by atoms with Gasteiger partial charge in [-0.3, -0.25) is 4.79 Å². The van der Waals surface area contributed by atoms with Crippen LogP contribution >= 0.6 is 11.6 Å². The van der Waals surface area contributed by atoms with Crippen molar-refractivity contribution in [2.24, 2.45) is 5.73 Å². The SMILES string of the molecule is Cc1nc(C(N)=O)nc(N2CC[C@@H](NCc3ccc(Cl)cc3)C2)c1C. The summed E-state index contributed by atoms with van der Waals surface area (Å²) < 4.78 is 0. The zero-order chi connectivity index (χ0) is 18.0. The third-order valence-electron chi connectivity index (χ3n) is 4.58. The van der Waals surface area contributed by atoms with Crippen LogP contribution in [0.25, 0.3) is 0 Å². The molecular weight excluding hydrogens is 338 g/mol. The van der Waals surface area contributed by atoms with Crippen molar-refractivity contribution in [3.8, 4) is 0 Å². The number of hydrogen-bond donors (Lipinski definition) is 2. The molecule has 7 heteroatoms.